The molecule has 0 spiro atoms. The standard InChI is InChI=1S/C25H27N5O2/c31-23(25(12-13-25)20-7-3-1-4-8-20)29(18-17-28-16-15-26-24(28)32)19-22-11-14-27-30(22)21-9-5-2-6-10-21/h1-11,14H,12-13,15-19H2,(H,26,32). The molecule has 3 amide bonds. The van der Waals surface area contributed by atoms with Crippen molar-refractivity contribution < 1.29 is 9.59 Å². The van der Waals surface area contributed by atoms with Crippen molar-refractivity contribution in [1.82, 2.24) is 24.9 Å². The topological polar surface area (TPSA) is 70.5 Å². The lowest BCUT2D eigenvalue weighted by Gasteiger charge is -2.29. The van der Waals surface area contributed by atoms with Crippen molar-refractivity contribution in [1.29, 1.82) is 0 Å². The van der Waals surface area contributed by atoms with Gasteiger partial charge in [-0.1, -0.05) is 48.5 Å². The number of benzene rings is 2. The molecule has 2 heterocycles. The second-order valence-electron chi connectivity index (χ2n) is 8.46. The maximum absolute atomic E-state index is 13.9. The van der Waals surface area contributed by atoms with Crippen LogP contribution in [0.4, 0.5) is 4.79 Å². The number of carbonyl (C=O) groups is 2. The largest absolute Gasteiger partial charge is 0.336 e. The molecule has 0 bridgehead atoms. The molecule has 1 aliphatic carbocycles. The highest BCUT2D eigenvalue weighted by Crippen LogP contribution is 2.49. The number of hydrogen-bond donors (Lipinski definition) is 1. The summed E-state index contributed by atoms with van der Waals surface area (Å²) in [5.74, 6) is 0.129. The van der Waals surface area contributed by atoms with Gasteiger partial charge in [0.1, 0.15) is 0 Å². The summed E-state index contributed by atoms with van der Waals surface area (Å²) in [6, 6.07) is 21.9. The van der Waals surface area contributed by atoms with Gasteiger partial charge < -0.3 is 15.1 Å². The van der Waals surface area contributed by atoms with E-state index in [9.17, 15) is 9.59 Å². The molecule has 2 fully saturated rings. The number of para-hydroxylation sites is 1. The first-order valence-electron chi connectivity index (χ1n) is 11.1. The minimum Gasteiger partial charge on any atom is -0.336 e. The van der Waals surface area contributed by atoms with Crippen LogP contribution in [0.1, 0.15) is 24.1 Å². The quantitative estimate of drug-likeness (QED) is 0.599. The number of hydrogen-bond acceptors (Lipinski definition) is 3. The van der Waals surface area contributed by atoms with Crippen molar-refractivity contribution in [3.63, 3.8) is 0 Å². The van der Waals surface area contributed by atoms with Crippen LogP contribution < -0.4 is 5.32 Å². The van der Waals surface area contributed by atoms with E-state index in [1.165, 1.54) is 0 Å². The lowest BCUT2D eigenvalue weighted by Crippen LogP contribution is -2.44. The predicted octanol–water partition coefficient (Wildman–Crippen LogP) is 2.96. The Bertz CT molecular complexity index is 1090. The van der Waals surface area contributed by atoms with Crippen LogP contribution >= 0.6 is 0 Å². The van der Waals surface area contributed by atoms with Gasteiger partial charge in [0.25, 0.3) is 0 Å². The van der Waals surface area contributed by atoms with Crippen LogP contribution in [0.3, 0.4) is 0 Å². The number of rotatable bonds is 8. The highest BCUT2D eigenvalue weighted by molar-refractivity contribution is 5.91. The summed E-state index contributed by atoms with van der Waals surface area (Å²) in [4.78, 5) is 29.6. The Morgan fingerprint density at radius 1 is 1.03 bits per heavy atom. The summed E-state index contributed by atoms with van der Waals surface area (Å²) in [6.07, 6.45) is 3.48. The highest BCUT2D eigenvalue weighted by atomic mass is 16.2. The molecule has 5 rings (SSSR count). The molecule has 164 valence electrons. The third-order valence-electron chi connectivity index (χ3n) is 6.43. The van der Waals surface area contributed by atoms with Gasteiger partial charge in [-0.2, -0.15) is 5.10 Å². The van der Waals surface area contributed by atoms with E-state index in [1.54, 1.807) is 11.1 Å². The summed E-state index contributed by atoms with van der Waals surface area (Å²) in [7, 11) is 0. The Kier molecular flexibility index (Phi) is 5.39. The minimum absolute atomic E-state index is 0.0593. The van der Waals surface area contributed by atoms with E-state index in [0.717, 1.165) is 29.8 Å². The third kappa shape index (κ3) is 3.86. The molecule has 2 aliphatic rings. The van der Waals surface area contributed by atoms with E-state index in [0.29, 0.717) is 32.7 Å². The van der Waals surface area contributed by atoms with Gasteiger partial charge in [0.15, 0.2) is 0 Å². The fourth-order valence-electron chi connectivity index (χ4n) is 4.48. The smallest absolute Gasteiger partial charge is 0.317 e. The van der Waals surface area contributed by atoms with Crippen LogP contribution in [0.5, 0.6) is 0 Å². The van der Waals surface area contributed by atoms with Gasteiger partial charge in [-0.3, -0.25) is 4.79 Å². The highest BCUT2D eigenvalue weighted by Gasteiger charge is 2.53. The maximum atomic E-state index is 13.9. The molecule has 0 atom stereocenters. The van der Waals surface area contributed by atoms with E-state index in [-0.39, 0.29) is 11.9 Å². The summed E-state index contributed by atoms with van der Waals surface area (Å²) < 4.78 is 1.88. The Morgan fingerprint density at radius 2 is 1.75 bits per heavy atom. The fourth-order valence-corrected chi connectivity index (χ4v) is 4.48. The lowest BCUT2D eigenvalue weighted by molar-refractivity contribution is -0.134. The summed E-state index contributed by atoms with van der Waals surface area (Å²) >= 11 is 0. The van der Waals surface area contributed by atoms with Crippen LogP contribution in [0, 0.1) is 0 Å². The molecule has 1 N–H and O–H groups in total. The van der Waals surface area contributed by atoms with Crippen molar-refractivity contribution in [2.75, 3.05) is 26.2 Å². The van der Waals surface area contributed by atoms with E-state index >= 15 is 0 Å². The third-order valence-corrected chi connectivity index (χ3v) is 6.43. The van der Waals surface area contributed by atoms with E-state index < -0.39 is 5.41 Å². The first-order chi connectivity index (χ1) is 15.7. The second-order valence-corrected chi connectivity index (χ2v) is 8.46. The van der Waals surface area contributed by atoms with Crippen molar-refractivity contribution >= 4 is 11.9 Å². The molecule has 2 aromatic carbocycles. The number of aromatic nitrogens is 2. The van der Waals surface area contributed by atoms with Crippen LogP contribution in [-0.2, 0) is 16.8 Å². The number of nitrogens with one attached hydrogen (secondary N) is 1. The number of urea groups is 1. The van der Waals surface area contributed by atoms with Gasteiger partial charge >= 0.3 is 6.03 Å². The zero-order chi connectivity index (χ0) is 22.0. The van der Waals surface area contributed by atoms with Gasteiger partial charge in [0.2, 0.25) is 5.91 Å². The average Bonchev–Trinajstić information content (AvgIpc) is 3.35. The predicted molar refractivity (Wildman–Crippen MR) is 121 cm³/mol. The Hall–Kier alpha value is -3.61. The molecule has 1 aromatic heterocycles. The Balaban J connectivity index is 1.41. The summed E-state index contributed by atoms with van der Waals surface area (Å²) in [6.45, 7) is 2.77. The van der Waals surface area contributed by atoms with Crippen LogP contribution in [0.2, 0.25) is 0 Å². The van der Waals surface area contributed by atoms with Gasteiger partial charge in [-0.25, -0.2) is 9.48 Å². The summed E-state index contributed by atoms with van der Waals surface area (Å²) in [5, 5.41) is 7.33. The van der Waals surface area contributed by atoms with E-state index in [2.05, 4.69) is 10.4 Å². The molecule has 7 nitrogen and oxygen atoms in total. The first-order valence-corrected chi connectivity index (χ1v) is 11.1. The molecule has 0 unspecified atom stereocenters. The number of amides is 3. The van der Waals surface area contributed by atoms with Crippen molar-refractivity contribution in [3.05, 3.63) is 84.2 Å². The molecule has 1 saturated carbocycles. The van der Waals surface area contributed by atoms with E-state index in [4.69, 9.17) is 0 Å². The van der Waals surface area contributed by atoms with Gasteiger partial charge in [-0.05, 0) is 36.6 Å². The average molecular weight is 430 g/mol. The molecule has 1 saturated heterocycles. The van der Waals surface area contributed by atoms with Gasteiger partial charge in [-0.15, -0.1) is 0 Å². The van der Waals surface area contributed by atoms with Crippen molar-refractivity contribution in [3.8, 4) is 5.69 Å². The molecule has 3 aromatic rings. The van der Waals surface area contributed by atoms with E-state index in [1.807, 2.05) is 76.3 Å². The van der Waals surface area contributed by atoms with Crippen LogP contribution in [0.15, 0.2) is 72.9 Å². The molecule has 0 radical (unpaired) electrons. The minimum atomic E-state index is -0.452. The van der Waals surface area contributed by atoms with Gasteiger partial charge in [0, 0.05) is 32.4 Å². The van der Waals surface area contributed by atoms with Crippen LogP contribution in [0.25, 0.3) is 5.69 Å². The molecule has 7 heteroatoms. The lowest BCUT2D eigenvalue weighted by atomic mass is 9.94. The van der Waals surface area contributed by atoms with Crippen molar-refractivity contribution in [2.45, 2.75) is 24.8 Å². The molecule has 1 aliphatic heterocycles. The molecular formula is C25H27N5O2. The van der Waals surface area contributed by atoms with Gasteiger partial charge in [0.05, 0.1) is 23.3 Å². The second kappa shape index (κ2) is 8.49. The number of nitrogens with zero attached hydrogens (tertiary/aromatic N) is 4. The molecule has 32 heavy (non-hydrogen) atoms. The van der Waals surface area contributed by atoms with Crippen molar-refractivity contribution in [2.24, 2.45) is 0 Å². The normalized spacial score (nSPS) is 16.6. The SMILES string of the molecule is O=C1NCCN1CCN(Cc1ccnn1-c1ccccc1)C(=O)C1(c2ccccc2)CC1. The monoisotopic (exact) mass is 429 g/mol. The first kappa shape index (κ1) is 20.3. The maximum Gasteiger partial charge on any atom is 0.317 e. The Morgan fingerprint density at radius 3 is 2.41 bits per heavy atom. The Labute approximate surface area is 187 Å². The van der Waals surface area contributed by atoms with Crippen LogP contribution in [-0.4, -0.2) is 57.7 Å². The zero-order valence-electron chi connectivity index (χ0n) is 18.0. The molecular weight excluding hydrogens is 402 g/mol. The summed E-state index contributed by atoms with van der Waals surface area (Å²) in [5.41, 5.74) is 2.53. The number of carbonyl (C=O) groups excluding carboxylic acids is 2. The fraction of sp³-hybridized carbons (Fsp3) is 0.320. The zero-order valence-corrected chi connectivity index (χ0v) is 18.0.